The molecule has 0 aliphatic rings. The first-order valence-corrected chi connectivity index (χ1v) is 6.13. The summed E-state index contributed by atoms with van der Waals surface area (Å²) in [6, 6.07) is 9.45. The summed E-state index contributed by atoms with van der Waals surface area (Å²) in [6.45, 7) is 6.91. The summed E-state index contributed by atoms with van der Waals surface area (Å²) in [5.74, 6) is -0.0961. The predicted octanol–water partition coefficient (Wildman–Crippen LogP) is 2.90. The molecule has 0 fully saturated rings. The first-order valence-electron chi connectivity index (χ1n) is 5.73. The van der Waals surface area contributed by atoms with E-state index in [1.165, 1.54) is 6.08 Å². The monoisotopic (exact) mass is 276 g/mol. The molecule has 0 saturated heterocycles. The predicted molar refractivity (Wildman–Crippen MR) is 86.5 cm³/mol. The quantitative estimate of drug-likeness (QED) is 0.626. The lowest BCUT2D eigenvalue weighted by atomic mass is 10.3. The lowest BCUT2D eigenvalue weighted by Gasteiger charge is -2.14. The van der Waals surface area contributed by atoms with Gasteiger partial charge in [-0.25, -0.2) is 0 Å². The van der Waals surface area contributed by atoms with Crippen LogP contribution in [0.1, 0.15) is 0 Å². The first-order chi connectivity index (χ1) is 8.93. The number of nitrogens with zero attached hydrogens (tertiary/aromatic N) is 2. The Balaban J connectivity index is 0.000000399. The molecule has 0 heterocycles. The number of rotatable bonds is 3. The Kier molecular flexibility index (Phi) is 8.13. The van der Waals surface area contributed by atoms with Crippen LogP contribution in [0.4, 0.5) is 5.69 Å². The van der Waals surface area contributed by atoms with Crippen molar-refractivity contribution in [2.24, 2.45) is 0 Å². The van der Waals surface area contributed by atoms with Crippen LogP contribution >= 0.6 is 12.2 Å². The lowest BCUT2D eigenvalue weighted by molar-refractivity contribution is -0.113. The summed E-state index contributed by atoms with van der Waals surface area (Å²) in [7, 11) is 5.51. The summed E-state index contributed by atoms with van der Waals surface area (Å²) in [4.78, 5) is 15.3. The molecule has 0 N–H and O–H groups in total. The van der Waals surface area contributed by atoms with Gasteiger partial charge in [-0.2, -0.15) is 0 Å². The van der Waals surface area contributed by atoms with E-state index >= 15 is 0 Å². The van der Waals surface area contributed by atoms with E-state index in [4.69, 9.17) is 12.2 Å². The first kappa shape index (κ1) is 17.1. The molecule has 4 heteroatoms. The molecule has 0 saturated carbocycles. The molecule has 19 heavy (non-hydrogen) atoms. The zero-order chi connectivity index (χ0) is 14.8. The molecular weight excluding hydrogens is 256 g/mol. The average Bonchev–Trinajstić information content (AvgIpc) is 2.46. The topological polar surface area (TPSA) is 23.6 Å². The van der Waals surface area contributed by atoms with Crippen LogP contribution in [0.25, 0.3) is 0 Å². The van der Waals surface area contributed by atoms with E-state index in [2.05, 4.69) is 13.2 Å². The maximum atomic E-state index is 11.1. The van der Waals surface area contributed by atoms with Gasteiger partial charge in [-0.3, -0.25) is 4.79 Å². The van der Waals surface area contributed by atoms with Gasteiger partial charge in [0.1, 0.15) is 4.99 Å². The molecule has 1 rings (SSSR count). The number of amides is 1. The maximum absolute atomic E-state index is 11.1. The number of thiocarbonyl (C=S) groups is 1. The summed E-state index contributed by atoms with van der Waals surface area (Å²) >= 11 is 4.79. The van der Waals surface area contributed by atoms with Gasteiger partial charge in [-0.05, 0) is 24.3 Å². The molecule has 1 aromatic carbocycles. The Morgan fingerprint density at radius 2 is 1.63 bits per heavy atom. The third kappa shape index (κ3) is 6.52. The van der Waals surface area contributed by atoms with Gasteiger partial charge in [-0.1, -0.05) is 43.6 Å². The molecule has 0 radical (unpaired) electrons. The van der Waals surface area contributed by atoms with Crippen molar-refractivity contribution in [3.8, 4) is 0 Å². The highest BCUT2D eigenvalue weighted by atomic mass is 32.1. The molecule has 0 unspecified atom stereocenters. The minimum absolute atomic E-state index is 0.0961. The molecule has 0 spiro atoms. The number of anilines is 1. The van der Waals surface area contributed by atoms with E-state index in [0.29, 0.717) is 0 Å². The van der Waals surface area contributed by atoms with Gasteiger partial charge in [0.05, 0.1) is 0 Å². The van der Waals surface area contributed by atoms with E-state index < -0.39 is 0 Å². The Morgan fingerprint density at radius 3 is 1.95 bits per heavy atom. The van der Waals surface area contributed by atoms with Gasteiger partial charge in [0.25, 0.3) is 0 Å². The van der Waals surface area contributed by atoms with Gasteiger partial charge in [0.15, 0.2) is 0 Å². The molecule has 0 aromatic heterocycles. The van der Waals surface area contributed by atoms with Crippen LogP contribution in [-0.4, -0.2) is 36.9 Å². The van der Waals surface area contributed by atoms with Crippen LogP contribution in [-0.2, 0) is 4.79 Å². The fraction of sp³-hybridized carbons (Fsp3) is 0.200. The molecule has 102 valence electrons. The highest BCUT2D eigenvalue weighted by Gasteiger charge is 2.04. The van der Waals surface area contributed by atoms with Crippen LogP contribution in [0.2, 0.25) is 0 Å². The summed E-state index contributed by atoms with van der Waals surface area (Å²) in [5, 5.41) is 0. The third-order valence-electron chi connectivity index (χ3n) is 2.26. The molecule has 0 atom stereocenters. The van der Waals surface area contributed by atoms with Crippen molar-refractivity contribution in [1.29, 1.82) is 0 Å². The minimum Gasteiger partial charge on any atom is -0.369 e. The molecule has 1 aromatic rings. The summed E-state index contributed by atoms with van der Waals surface area (Å²) in [5.41, 5.74) is 0.877. The minimum atomic E-state index is -0.0961. The standard InChI is InChI=1S/C10H11NO.C5H9NS/c1-3-10(12)11(2)9-7-5-4-6-8-9;1-4-5(7)6(2)3/h3-8H,1H2,2H3;4H,1H2,2-3H3. The zero-order valence-corrected chi connectivity index (χ0v) is 12.5. The second kappa shape index (κ2) is 9.05. The van der Waals surface area contributed by atoms with Crippen LogP contribution in [0.5, 0.6) is 0 Å². The number of carbonyl (C=O) groups excluding carboxylic acids is 1. The van der Waals surface area contributed by atoms with E-state index in [9.17, 15) is 4.79 Å². The number of para-hydroxylation sites is 1. The second-order valence-corrected chi connectivity index (χ2v) is 4.29. The highest BCUT2D eigenvalue weighted by Crippen LogP contribution is 2.10. The Morgan fingerprint density at radius 1 is 1.11 bits per heavy atom. The summed E-state index contributed by atoms with van der Waals surface area (Å²) < 4.78 is 0. The molecule has 0 aliphatic carbocycles. The van der Waals surface area contributed by atoms with Gasteiger partial charge >= 0.3 is 0 Å². The largest absolute Gasteiger partial charge is 0.369 e. The number of benzene rings is 1. The van der Waals surface area contributed by atoms with E-state index in [-0.39, 0.29) is 5.91 Å². The fourth-order valence-corrected chi connectivity index (χ4v) is 1.10. The van der Waals surface area contributed by atoms with E-state index in [0.717, 1.165) is 10.7 Å². The van der Waals surface area contributed by atoms with Crippen LogP contribution in [0, 0.1) is 0 Å². The highest BCUT2D eigenvalue weighted by molar-refractivity contribution is 7.80. The number of carbonyl (C=O) groups is 1. The van der Waals surface area contributed by atoms with Crippen molar-refractivity contribution in [3.63, 3.8) is 0 Å². The SMILES string of the molecule is C=CC(=O)N(C)c1ccccc1.C=CC(=S)N(C)C. The van der Waals surface area contributed by atoms with Crippen LogP contribution in [0.3, 0.4) is 0 Å². The molecule has 1 amide bonds. The number of hydrogen-bond acceptors (Lipinski definition) is 2. The Hall–Kier alpha value is -1.94. The van der Waals surface area contributed by atoms with Crippen molar-refractivity contribution in [3.05, 3.63) is 55.6 Å². The molecule has 0 aliphatic heterocycles. The normalized spacial score (nSPS) is 8.58. The third-order valence-corrected chi connectivity index (χ3v) is 2.80. The van der Waals surface area contributed by atoms with Gasteiger partial charge in [0.2, 0.25) is 5.91 Å². The van der Waals surface area contributed by atoms with E-state index in [1.54, 1.807) is 18.0 Å². The zero-order valence-electron chi connectivity index (χ0n) is 11.7. The van der Waals surface area contributed by atoms with Crippen molar-refractivity contribution in [2.75, 3.05) is 26.0 Å². The fourth-order valence-electron chi connectivity index (χ4n) is 1.10. The number of hydrogen-bond donors (Lipinski definition) is 0. The van der Waals surface area contributed by atoms with Crippen LogP contribution < -0.4 is 4.90 Å². The van der Waals surface area contributed by atoms with Gasteiger partial charge in [-0.15, -0.1) is 0 Å². The Bertz CT molecular complexity index is 441. The maximum Gasteiger partial charge on any atom is 0.250 e. The van der Waals surface area contributed by atoms with Crippen molar-refractivity contribution in [2.45, 2.75) is 0 Å². The van der Waals surface area contributed by atoms with Crippen molar-refractivity contribution in [1.82, 2.24) is 4.90 Å². The van der Waals surface area contributed by atoms with E-state index in [1.807, 2.05) is 49.3 Å². The van der Waals surface area contributed by atoms with Crippen molar-refractivity contribution < 1.29 is 4.79 Å². The Labute approximate surface area is 120 Å². The average molecular weight is 276 g/mol. The van der Waals surface area contributed by atoms with Gasteiger partial charge < -0.3 is 9.80 Å². The number of likely N-dealkylation sites (N-methyl/N-ethyl adjacent to an activating group) is 2. The lowest BCUT2D eigenvalue weighted by Crippen LogP contribution is -2.23. The molecular formula is C15H20N2OS. The van der Waals surface area contributed by atoms with Crippen LogP contribution in [0.15, 0.2) is 55.6 Å². The second-order valence-electron chi connectivity index (χ2n) is 3.87. The molecule has 0 bridgehead atoms. The van der Waals surface area contributed by atoms with Crippen molar-refractivity contribution >= 4 is 28.8 Å². The smallest absolute Gasteiger partial charge is 0.250 e. The molecule has 3 nitrogen and oxygen atoms in total. The van der Waals surface area contributed by atoms with Gasteiger partial charge in [0, 0.05) is 26.8 Å². The summed E-state index contributed by atoms with van der Waals surface area (Å²) in [6.07, 6.45) is 2.95.